The summed E-state index contributed by atoms with van der Waals surface area (Å²) in [7, 11) is 0. The molecular formula is C40H43ClF4N8O2. The van der Waals surface area contributed by atoms with E-state index in [1.54, 1.807) is 18.6 Å². The van der Waals surface area contributed by atoms with Gasteiger partial charge >= 0.3 is 0 Å². The fourth-order valence-electron chi connectivity index (χ4n) is 9.10. The maximum atomic E-state index is 15.6. The molecule has 5 heterocycles. The molecule has 3 aliphatic carbocycles. The highest BCUT2D eigenvalue weighted by Crippen LogP contribution is 2.53. The first-order valence-corrected chi connectivity index (χ1v) is 19.4. The van der Waals surface area contributed by atoms with Crippen molar-refractivity contribution in [3.8, 4) is 11.3 Å². The summed E-state index contributed by atoms with van der Waals surface area (Å²) in [4.78, 5) is 46.1. The molecule has 15 heteroatoms. The van der Waals surface area contributed by atoms with Crippen LogP contribution in [0.15, 0.2) is 30.7 Å². The lowest BCUT2D eigenvalue weighted by molar-refractivity contribution is -0.124. The monoisotopic (exact) mass is 778 g/mol. The number of hydrogen-bond acceptors (Lipinski definition) is 7. The molecule has 2 amide bonds. The Kier molecular flexibility index (Phi) is 8.16. The number of imidazole rings is 1. The minimum Gasteiger partial charge on any atom is -0.341 e. The van der Waals surface area contributed by atoms with Crippen LogP contribution < -0.4 is 15.5 Å². The largest absolute Gasteiger partial charge is 0.341 e. The van der Waals surface area contributed by atoms with Crippen LogP contribution in [-0.2, 0) is 10.2 Å². The smallest absolute Gasteiger partial charge is 0.261 e. The number of benzene rings is 1. The number of halogens is 5. The average Bonchev–Trinajstić information content (AvgIpc) is 4.04. The van der Waals surface area contributed by atoms with Crippen LogP contribution in [-0.4, -0.2) is 72.9 Å². The van der Waals surface area contributed by atoms with E-state index in [1.165, 1.54) is 12.8 Å². The molecule has 55 heavy (non-hydrogen) atoms. The van der Waals surface area contributed by atoms with Crippen molar-refractivity contribution in [1.82, 2.24) is 29.7 Å². The van der Waals surface area contributed by atoms with Crippen molar-refractivity contribution in [3.05, 3.63) is 58.6 Å². The van der Waals surface area contributed by atoms with Crippen LogP contribution in [0.1, 0.15) is 95.2 Å². The molecule has 2 aliphatic heterocycles. The summed E-state index contributed by atoms with van der Waals surface area (Å²) in [6.07, 6.45) is 4.86. The van der Waals surface area contributed by atoms with E-state index in [0.717, 1.165) is 49.5 Å². The Hall–Kier alpha value is -4.30. The van der Waals surface area contributed by atoms with E-state index < -0.39 is 51.2 Å². The lowest BCUT2D eigenvalue weighted by Gasteiger charge is -2.55. The molecule has 3 saturated carbocycles. The summed E-state index contributed by atoms with van der Waals surface area (Å²) >= 11 is 6.08. The van der Waals surface area contributed by atoms with Crippen LogP contribution in [0, 0.1) is 23.5 Å². The number of carbonyl (C=O) groups is 2. The molecule has 2 N–H and O–H groups in total. The quantitative estimate of drug-likeness (QED) is 0.130. The minimum absolute atomic E-state index is 0.00258. The van der Waals surface area contributed by atoms with Crippen molar-refractivity contribution in [2.75, 3.05) is 23.3 Å². The molecule has 3 aromatic heterocycles. The topological polar surface area (TPSA) is 108 Å². The summed E-state index contributed by atoms with van der Waals surface area (Å²) in [5, 5.41) is 4.31. The minimum atomic E-state index is -2.83. The average molecular weight is 779 g/mol. The molecule has 10 nitrogen and oxygen atoms in total. The second-order valence-corrected chi connectivity index (χ2v) is 17.7. The number of hydrogen-bond donors (Lipinski definition) is 2. The SMILES string of the molecule is CC(C)n1cnc2cc(-c3cnc4c(c3)N(C3CC(C)(N5CC[C@@H]6C[C@@H]6C5)C3)C(=O)C4(C)C)nc(Nc3cc(C(=O)NC4(C(F)F)CC4)c(Cl)c(F)c3F)c21. The summed E-state index contributed by atoms with van der Waals surface area (Å²) in [5.74, 6) is -2.14. The first-order valence-electron chi connectivity index (χ1n) is 19.0. The Balaban J connectivity index is 1.07. The highest BCUT2D eigenvalue weighted by molar-refractivity contribution is 6.34. The van der Waals surface area contributed by atoms with Crippen molar-refractivity contribution in [2.24, 2.45) is 11.8 Å². The number of amides is 2. The number of likely N-dealkylation sites (tertiary alicyclic amines) is 1. The molecule has 1 saturated heterocycles. The van der Waals surface area contributed by atoms with Gasteiger partial charge in [-0.1, -0.05) is 11.6 Å². The van der Waals surface area contributed by atoms with Crippen LogP contribution in [0.5, 0.6) is 0 Å². The fraction of sp³-hybridized carbons (Fsp3) is 0.525. The summed E-state index contributed by atoms with van der Waals surface area (Å²) < 4.78 is 60.0. The second-order valence-electron chi connectivity index (χ2n) is 17.4. The van der Waals surface area contributed by atoms with E-state index in [4.69, 9.17) is 21.6 Å². The maximum Gasteiger partial charge on any atom is 0.261 e. The van der Waals surface area contributed by atoms with Gasteiger partial charge in [0.2, 0.25) is 5.91 Å². The Labute approximate surface area is 321 Å². The van der Waals surface area contributed by atoms with Crippen LogP contribution in [0.25, 0.3) is 22.3 Å². The Morgan fingerprint density at radius 2 is 1.78 bits per heavy atom. The van der Waals surface area contributed by atoms with Gasteiger partial charge in [-0.15, -0.1) is 0 Å². The highest BCUT2D eigenvalue weighted by Gasteiger charge is 2.57. The van der Waals surface area contributed by atoms with Gasteiger partial charge in [-0.3, -0.25) is 19.5 Å². The van der Waals surface area contributed by atoms with E-state index in [-0.39, 0.29) is 42.2 Å². The molecule has 0 spiro atoms. The van der Waals surface area contributed by atoms with Crippen molar-refractivity contribution < 1.29 is 27.2 Å². The zero-order valence-electron chi connectivity index (χ0n) is 31.3. The van der Waals surface area contributed by atoms with Gasteiger partial charge in [0.25, 0.3) is 12.3 Å². The van der Waals surface area contributed by atoms with E-state index in [2.05, 4.69) is 27.4 Å². The van der Waals surface area contributed by atoms with E-state index in [0.29, 0.717) is 28.0 Å². The third-order valence-electron chi connectivity index (χ3n) is 12.9. The normalized spacial score (nSPS) is 26.3. The number of rotatable bonds is 9. The predicted molar refractivity (Wildman–Crippen MR) is 201 cm³/mol. The molecule has 1 aromatic carbocycles. The number of fused-ring (bicyclic) bond motifs is 3. The van der Waals surface area contributed by atoms with Crippen LogP contribution in [0.2, 0.25) is 5.02 Å². The van der Waals surface area contributed by atoms with Gasteiger partial charge in [0.15, 0.2) is 17.5 Å². The van der Waals surface area contributed by atoms with Crippen LogP contribution in [0.3, 0.4) is 0 Å². The molecule has 290 valence electrons. The van der Waals surface area contributed by atoms with Gasteiger partial charge < -0.3 is 20.1 Å². The van der Waals surface area contributed by atoms with Crippen molar-refractivity contribution >= 4 is 51.6 Å². The Morgan fingerprint density at radius 3 is 2.45 bits per heavy atom. The molecule has 4 aromatic rings. The number of aromatic nitrogens is 4. The first kappa shape index (κ1) is 36.3. The van der Waals surface area contributed by atoms with Crippen LogP contribution in [0.4, 0.5) is 34.8 Å². The number of pyridine rings is 2. The molecule has 2 atom stereocenters. The third kappa shape index (κ3) is 5.71. The Bertz CT molecular complexity index is 2280. The third-order valence-corrected chi connectivity index (χ3v) is 13.2. The maximum absolute atomic E-state index is 15.6. The number of carbonyl (C=O) groups excluding carboxylic acids is 2. The van der Waals surface area contributed by atoms with E-state index in [9.17, 15) is 18.4 Å². The standard InChI is InChI=1S/C40H43ClF4N8O2/c1-19(2)52-18-47-27-13-25(48-34(32(27)52)49-26-12-24(29(41)31(43)30(26)42)35(54)50-40(7-8-40)36(44)45)21-11-28-33(46-16-21)38(3,4)37(55)53(28)23-14-39(5,15-23)51-9-6-20-10-22(20)17-51/h11-13,16,18-20,22-23,36H,6-10,14-15,17H2,1-5H3,(H,48,49)(H,50,54)/t20-,22-,23?,39?/m1/s1. The van der Waals surface area contributed by atoms with Gasteiger partial charge in [0.1, 0.15) is 11.1 Å². The summed E-state index contributed by atoms with van der Waals surface area (Å²) in [5.41, 5.74) is -0.127. The lowest BCUT2D eigenvalue weighted by Crippen LogP contribution is -2.64. The highest BCUT2D eigenvalue weighted by atomic mass is 35.5. The Morgan fingerprint density at radius 1 is 1.04 bits per heavy atom. The predicted octanol–water partition coefficient (Wildman–Crippen LogP) is 8.16. The lowest BCUT2D eigenvalue weighted by atomic mass is 9.71. The molecule has 9 rings (SSSR count). The van der Waals surface area contributed by atoms with Gasteiger partial charge in [-0.25, -0.2) is 27.5 Å². The number of nitrogens with zero attached hydrogens (tertiary/aromatic N) is 6. The first-order chi connectivity index (χ1) is 26.0. The van der Waals surface area contributed by atoms with Crippen molar-refractivity contribution in [3.63, 3.8) is 0 Å². The zero-order valence-corrected chi connectivity index (χ0v) is 32.1. The molecule has 0 bridgehead atoms. The number of anilines is 3. The number of alkyl halides is 2. The van der Waals surface area contributed by atoms with Crippen molar-refractivity contribution in [2.45, 2.75) is 108 Å². The van der Waals surface area contributed by atoms with E-state index >= 15 is 8.78 Å². The number of piperidine rings is 1. The number of nitrogens with one attached hydrogen (secondary N) is 2. The second kappa shape index (κ2) is 12.3. The van der Waals surface area contributed by atoms with E-state index in [1.807, 2.05) is 43.2 Å². The summed E-state index contributed by atoms with van der Waals surface area (Å²) in [6, 6.07) is 4.59. The van der Waals surface area contributed by atoms with Gasteiger partial charge in [-0.2, -0.15) is 0 Å². The molecular weight excluding hydrogens is 736 g/mol. The van der Waals surface area contributed by atoms with Gasteiger partial charge in [-0.05, 0) is 110 Å². The van der Waals surface area contributed by atoms with Gasteiger partial charge in [0, 0.05) is 35.9 Å². The fourth-order valence-corrected chi connectivity index (χ4v) is 9.33. The zero-order chi connectivity index (χ0) is 38.9. The summed E-state index contributed by atoms with van der Waals surface area (Å²) in [6.45, 7) is 12.2. The molecule has 0 radical (unpaired) electrons. The van der Waals surface area contributed by atoms with Gasteiger partial charge in [0.05, 0.1) is 50.6 Å². The van der Waals surface area contributed by atoms with Crippen LogP contribution >= 0.6 is 11.6 Å². The molecule has 5 aliphatic rings. The molecule has 0 unspecified atom stereocenters. The molecule has 4 fully saturated rings. The van der Waals surface area contributed by atoms with Crippen molar-refractivity contribution in [1.29, 1.82) is 0 Å².